The Balaban J connectivity index is 1.31. The Bertz CT molecular complexity index is 547. The Hall–Kier alpha value is -1.06. The van der Waals surface area contributed by atoms with E-state index in [0.29, 0.717) is 11.5 Å². The van der Waals surface area contributed by atoms with Crippen LogP contribution in [0.4, 0.5) is 0 Å². The van der Waals surface area contributed by atoms with Crippen LogP contribution in [0.5, 0.6) is 5.75 Å². The molecule has 0 bridgehead atoms. The Morgan fingerprint density at radius 2 is 2.04 bits per heavy atom. The van der Waals surface area contributed by atoms with Crippen LogP contribution in [0.1, 0.15) is 43.2 Å². The summed E-state index contributed by atoms with van der Waals surface area (Å²) in [6.07, 6.45) is 9.30. The molecule has 126 valence electrons. The van der Waals surface area contributed by atoms with Gasteiger partial charge in [0.2, 0.25) is 0 Å². The zero-order chi connectivity index (χ0) is 15.7. The van der Waals surface area contributed by atoms with Gasteiger partial charge in [0.1, 0.15) is 5.75 Å². The van der Waals surface area contributed by atoms with Gasteiger partial charge in [0, 0.05) is 19.1 Å². The number of likely N-dealkylation sites (tertiary alicyclic amines) is 1. The number of ether oxygens (including phenoxy) is 1. The summed E-state index contributed by atoms with van der Waals surface area (Å²) in [4.78, 5) is 2.69. The van der Waals surface area contributed by atoms with E-state index in [9.17, 15) is 0 Å². The highest BCUT2D eigenvalue weighted by Gasteiger charge is 2.44. The third-order valence-electron chi connectivity index (χ3n) is 6.12. The minimum absolute atomic E-state index is 0.596. The Morgan fingerprint density at radius 3 is 2.78 bits per heavy atom. The number of benzene rings is 1. The summed E-state index contributed by atoms with van der Waals surface area (Å²) in [5.74, 6) is 0.997. The molecular formula is C20H30N2O. The van der Waals surface area contributed by atoms with Gasteiger partial charge >= 0.3 is 0 Å². The van der Waals surface area contributed by atoms with Crippen LogP contribution in [-0.4, -0.2) is 44.2 Å². The lowest BCUT2D eigenvalue weighted by molar-refractivity contribution is 0.249. The highest BCUT2D eigenvalue weighted by molar-refractivity contribution is 5.37. The number of rotatable bonds is 6. The molecule has 1 heterocycles. The fraction of sp³-hybridized carbons (Fsp3) is 0.700. The Kier molecular flexibility index (Phi) is 4.33. The molecule has 2 aliphatic carbocycles. The zero-order valence-corrected chi connectivity index (χ0v) is 14.4. The van der Waals surface area contributed by atoms with Crippen LogP contribution >= 0.6 is 0 Å². The predicted molar refractivity (Wildman–Crippen MR) is 94.2 cm³/mol. The van der Waals surface area contributed by atoms with E-state index in [1.54, 1.807) is 7.11 Å². The maximum atomic E-state index is 5.39. The van der Waals surface area contributed by atoms with Crippen molar-refractivity contribution in [3.63, 3.8) is 0 Å². The van der Waals surface area contributed by atoms with Crippen molar-refractivity contribution in [2.24, 2.45) is 5.41 Å². The summed E-state index contributed by atoms with van der Waals surface area (Å²) in [6.45, 7) is 5.21. The average molecular weight is 314 g/mol. The number of nitrogens with zero attached hydrogens (tertiary/aromatic N) is 1. The lowest BCUT2D eigenvalue weighted by Gasteiger charge is -2.29. The third-order valence-corrected chi connectivity index (χ3v) is 6.12. The fourth-order valence-corrected chi connectivity index (χ4v) is 4.38. The van der Waals surface area contributed by atoms with E-state index >= 15 is 0 Å². The molecular weight excluding hydrogens is 284 g/mol. The second-order valence-corrected chi connectivity index (χ2v) is 7.94. The first-order valence-corrected chi connectivity index (χ1v) is 9.38. The van der Waals surface area contributed by atoms with Gasteiger partial charge in [-0.2, -0.15) is 0 Å². The van der Waals surface area contributed by atoms with Crippen LogP contribution in [0, 0.1) is 5.41 Å². The van der Waals surface area contributed by atoms with Crippen LogP contribution in [0.2, 0.25) is 0 Å². The Labute approximate surface area is 140 Å². The van der Waals surface area contributed by atoms with Gasteiger partial charge in [-0.25, -0.2) is 0 Å². The van der Waals surface area contributed by atoms with Gasteiger partial charge in [-0.3, -0.25) is 0 Å². The molecule has 0 aromatic heterocycles. The SMILES string of the molecule is COc1ccc2c(c1)C[C@@H](NCC1(CN3CCCC3)CC1)CC2. The maximum absolute atomic E-state index is 5.39. The highest BCUT2D eigenvalue weighted by atomic mass is 16.5. The third kappa shape index (κ3) is 3.56. The highest BCUT2D eigenvalue weighted by Crippen LogP contribution is 2.46. The van der Waals surface area contributed by atoms with Gasteiger partial charge < -0.3 is 15.0 Å². The molecule has 1 saturated heterocycles. The van der Waals surface area contributed by atoms with E-state index in [1.165, 1.54) is 75.8 Å². The van der Waals surface area contributed by atoms with Crippen LogP contribution in [0.15, 0.2) is 18.2 Å². The molecule has 1 N–H and O–H groups in total. The molecule has 1 aliphatic heterocycles. The standard InChI is InChI=1S/C20H30N2O/c1-23-19-7-5-16-4-6-18(12-17(16)13-19)21-14-20(8-9-20)15-22-10-2-3-11-22/h5,7,13,18,21H,2-4,6,8-12,14-15H2,1H3/t18-/m0/s1. The second kappa shape index (κ2) is 6.45. The van der Waals surface area contributed by atoms with Crippen molar-refractivity contribution in [2.45, 2.75) is 51.0 Å². The summed E-state index contributed by atoms with van der Waals surface area (Å²) >= 11 is 0. The van der Waals surface area contributed by atoms with Gasteiger partial charge in [-0.15, -0.1) is 0 Å². The van der Waals surface area contributed by atoms with E-state index in [2.05, 4.69) is 28.4 Å². The molecule has 0 unspecified atom stereocenters. The lowest BCUT2D eigenvalue weighted by Crippen LogP contribution is -2.41. The first-order valence-electron chi connectivity index (χ1n) is 9.38. The van der Waals surface area contributed by atoms with Crippen LogP contribution in [0.25, 0.3) is 0 Å². The molecule has 1 aromatic carbocycles. The van der Waals surface area contributed by atoms with Crippen molar-refractivity contribution in [1.82, 2.24) is 10.2 Å². The van der Waals surface area contributed by atoms with Crippen molar-refractivity contribution in [2.75, 3.05) is 33.3 Å². The number of aryl methyl sites for hydroxylation is 1. The van der Waals surface area contributed by atoms with Gasteiger partial charge in [0.15, 0.2) is 0 Å². The van der Waals surface area contributed by atoms with Crippen molar-refractivity contribution in [3.8, 4) is 5.75 Å². The van der Waals surface area contributed by atoms with Crippen molar-refractivity contribution >= 4 is 0 Å². The summed E-state index contributed by atoms with van der Waals surface area (Å²) in [7, 11) is 1.76. The molecule has 23 heavy (non-hydrogen) atoms. The number of hydrogen-bond acceptors (Lipinski definition) is 3. The maximum Gasteiger partial charge on any atom is 0.119 e. The van der Waals surface area contributed by atoms with Crippen LogP contribution in [0.3, 0.4) is 0 Å². The van der Waals surface area contributed by atoms with E-state index in [0.717, 1.165) is 12.2 Å². The zero-order valence-electron chi connectivity index (χ0n) is 14.4. The Morgan fingerprint density at radius 1 is 1.22 bits per heavy atom. The summed E-state index contributed by atoms with van der Waals surface area (Å²) < 4.78 is 5.39. The molecule has 1 aromatic rings. The van der Waals surface area contributed by atoms with E-state index < -0.39 is 0 Å². The monoisotopic (exact) mass is 314 g/mol. The molecule has 0 radical (unpaired) electrons. The average Bonchev–Trinajstić information content (AvgIpc) is 3.15. The van der Waals surface area contributed by atoms with E-state index in [4.69, 9.17) is 4.74 Å². The molecule has 0 amide bonds. The molecule has 3 heteroatoms. The van der Waals surface area contributed by atoms with Gasteiger partial charge in [0.25, 0.3) is 0 Å². The normalized spacial score (nSPS) is 26.0. The quantitative estimate of drug-likeness (QED) is 0.873. The molecule has 1 saturated carbocycles. The number of fused-ring (bicyclic) bond motifs is 1. The molecule has 4 rings (SSSR count). The minimum atomic E-state index is 0.596. The first-order chi connectivity index (χ1) is 11.3. The first kappa shape index (κ1) is 15.5. The van der Waals surface area contributed by atoms with Gasteiger partial charge in [-0.1, -0.05) is 6.07 Å². The van der Waals surface area contributed by atoms with Crippen molar-refractivity contribution < 1.29 is 4.74 Å². The number of nitrogens with one attached hydrogen (secondary N) is 1. The second-order valence-electron chi connectivity index (χ2n) is 7.94. The summed E-state index contributed by atoms with van der Waals surface area (Å²) in [5, 5.41) is 3.91. The van der Waals surface area contributed by atoms with E-state index in [1.807, 2.05) is 0 Å². The van der Waals surface area contributed by atoms with Crippen LogP contribution in [-0.2, 0) is 12.8 Å². The summed E-state index contributed by atoms with van der Waals surface area (Å²) in [6, 6.07) is 7.23. The molecule has 3 aliphatic rings. The molecule has 3 nitrogen and oxygen atoms in total. The molecule has 0 spiro atoms. The fourth-order valence-electron chi connectivity index (χ4n) is 4.38. The van der Waals surface area contributed by atoms with Gasteiger partial charge in [-0.05, 0) is 86.7 Å². The minimum Gasteiger partial charge on any atom is -0.497 e. The largest absolute Gasteiger partial charge is 0.497 e. The van der Waals surface area contributed by atoms with Crippen molar-refractivity contribution in [1.29, 1.82) is 0 Å². The predicted octanol–water partition coefficient (Wildman–Crippen LogP) is 3.02. The van der Waals surface area contributed by atoms with Crippen LogP contribution < -0.4 is 10.1 Å². The van der Waals surface area contributed by atoms with Crippen molar-refractivity contribution in [3.05, 3.63) is 29.3 Å². The van der Waals surface area contributed by atoms with Gasteiger partial charge in [0.05, 0.1) is 7.11 Å². The molecule has 1 atom stereocenters. The topological polar surface area (TPSA) is 24.5 Å². The number of methoxy groups -OCH3 is 1. The lowest BCUT2D eigenvalue weighted by atomic mass is 9.88. The van der Waals surface area contributed by atoms with E-state index in [-0.39, 0.29) is 0 Å². The summed E-state index contributed by atoms with van der Waals surface area (Å²) in [5.41, 5.74) is 3.60. The smallest absolute Gasteiger partial charge is 0.119 e. The molecule has 2 fully saturated rings. The number of hydrogen-bond donors (Lipinski definition) is 1.